The minimum atomic E-state index is -0.311. The van der Waals surface area contributed by atoms with Crippen LogP contribution in [-0.2, 0) is 10.8 Å². The van der Waals surface area contributed by atoms with Crippen molar-refractivity contribution in [1.29, 1.82) is 0 Å². The topological polar surface area (TPSA) is 31.4 Å². The smallest absolute Gasteiger partial charge is 0.154 e. The minimum absolute atomic E-state index is 0.184. The Bertz CT molecular complexity index is 1210. The van der Waals surface area contributed by atoms with Gasteiger partial charge in [0.25, 0.3) is 0 Å². The van der Waals surface area contributed by atoms with Crippen LogP contribution in [0.5, 0.6) is 11.5 Å². The Hall–Kier alpha value is -2.23. The maximum Gasteiger partial charge on any atom is 0.154 e. The van der Waals surface area contributed by atoms with E-state index in [4.69, 9.17) is 37.3 Å². The molecule has 0 bridgehead atoms. The molecule has 2 aromatic carbocycles. The molecule has 0 aliphatic rings. The quantitative estimate of drug-likeness (QED) is 0.331. The highest BCUT2D eigenvalue weighted by atomic mass is 35.5. The van der Waals surface area contributed by atoms with Crippen LogP contribution in [0, 0.1) is 34.6 Å². The third-order valence-corrected chi connectivity index (χ3v) is 7.43. The molecule has 0 radical (unpaired) electrons. The van der Waals surface area contributed by atoms with Crippen molar-refractivity contribution in [1.82, 2.24) is 4.98 Å². The van der Waals surface area contributed by atoms with E-state index in [9.17, 15) is 0 Å². The molecule has 3 aromatic rings. The number of hydrogen-bond acceptors (Lipinski definition) is 3. The normalized spacial score (nSPS) is 12.3. The minimum Gasteiger partial charge on any atom is -0.385 e. The highest BCUT2D eigenvalue weighted by molar-refractivity contribution is 6.09. The lowest BCUT2D eigenvalue weighted by Gasteiger charge is -2.30. The molecule has 0 aliphatic carbocycles. The molecule has 0 aliphatic heterocycles. The van der Waals surface area contributed by atoms with Crippen molar-refractivity contribution in [3.63, 3.8) is 0 Å². The summed E-state index contributed by atoms with van der Waals surface area (Å²) < 4.78 is 11.3. The molecule has 0 saturated heterocycles. The molecule has 0 saturated carbocycles. The summed E-state index contributed by atoms with van der Waals surface area (Å²) in [5, 5.41) is 0. The van der Waals surface area contributed by atoms with Crippen molar-refractivity contribution in [3.05, 3.63) is 86.2 Å². The molecule has 3 nitrogen and oxygen atoms in total. The molecule has 36 heavy (non-hydrogen) atoms. The standard InChI is InChI=1S/C31H39Cl2NO2/c1-17-12-22(28(35-32)24(14-17)30(6,7)8)26(27-21(5)20(4)19(3)16-34-27)23-13-18(2)15-25(29(23)36-33)31(9,10)11/h12-16,26H,1-11H3. The average molecular weight is 529 g/mol. The van der Waals surface area contributed by atoms with E-state index in [1.807, 2.05) is 6.20 Å². The molecule has 194 valence electrons. The first-order valence-electron chi connectivity index (χ1n) is 12.4. The lowest BCUT2D eigenvalue weighted by molar-refractivity contribution is 0.521. The number of rotatable bonds is 5. The Kier molecular flexibility index (Phi) is 8.08. The predicted octanol–water partition coefficient (Wildman–Crippen LogP) is 9.46. The summed E-state index contributed by atoms with van der Waals surface area (Å²) in [5.74, 6) is 0.992. The van der Waals surface area contributed by atoms with E-state index < -0.39 is 0 Å². The molecular formula is C31H39Cl2NO2. The SMILES string of the molecule is Cc1cc(C(c2cc(C)cc(C(C)(C)C)c2OCl)c2ncc(C)c(C)c2C)c(OCl)c(C(C)(C)C)c1. The van der Waals surface area contributed by atoms with E-state index in [1.54, 1.807) is 0 Å². The number of hydrogen-bond donors (Lipinski definition) is 0. The van der Waals surface area contributed by atoms with Gasteiger partial charge in [-0.15, -0.1) is 0 Å². The zero-order valence-corrected chi connectivity index (χ0v) is 25.0. The molecule has 5 heteroatoms. The van der Waals surface area contributed by atoms with Gasteiger partial charge < -0.3 is 8.58 Å². The molecule has 1 heterocycles. The van der Waals surface area contributed by atoms with Gasteiger partial charge >= 0.3 is 0 Å². The van der Waals surface area contributed by atoms with Crippen molar-refractivity contribution in [2.24, 2.45) is 0 Å². The second-order valence-electron chi connectivity index (χ2n) is 12.1. The molecule has 0 atom stereocenters. The average Bonchev–Trinajstić information content (AvgIpc) is 2.77. The monoisotopic (exact) mass is 527 g/mol. The number of halogens is 2. The Morgan fingerprint density at radius 1 is 0.667 bits per heavy atom. The summed E-state index contributed by atoms with van der Waals surface area (Å²) in [7, 11) is 0. The lowest BCUT2D eigenvalue weighted by atomic mass is 9.76. The molecule has 0 amide bonds. The summed E-state index contributed by atoms with van der Waals surface area (Å²) in [6.45, 7) is 23.5. The van der Waals surface area contributed by atoms with E-state index in [0.29, 0.717) is 11.5 Å². The molecule has 1 aromatic heterocycles. The van der Waals surface area contributed by atoms with Gasteiger partial charge in [-0.25, -0.2) is 0 Å². The van der Waals surface area contributed by atoms with E-state index >= 15 is 0 Å². The van der Waals surface area contributed by atoms with Gasteiger partial charge in [0.1, 0.15) is 23.7 Å². The van der Waals surface area contributed by atoms with Crippen molar-refractivity contribution < 1.29 is 8.58 Å². The molecule has 0 spiro atoms. The summed E-state index contributed by atoms with van der Waals surface area (Å²) in [6.07, 6.45) is 1.94. The van der Waals surface area contributed by atoms with Crippen molar-refractivity contribution >= 4 is 23.7 Å². The molecular weight excluding hydrogens is 489 g/mol. The van der Waals surface area contributed by atoms with Crippen molar-refractivity contribution in [2.75, 3.05) is 0 Å². The van der Waals surface area contributed by atoms with E-state index in [-0.39, 0.29) is 16.7 Å². The van der Waals surface area contributed by atoms with Gasteiger partial charge in [0, 0.05) is 28.5 Å². The van der Waals surface area contributed by atoms with Gasteiger partial charge in [-0.2, -0.15) is 0 Å². The molecule has 0 fully saturated rings. The Labute approximate surface area is 227 Å². The van der Waals surface area contributed by atoms with Crippen LogP contribution in [0.3, 0.4) is 0 Å². The van der Waals surface area contributed by atoms with Crippen LogP contribution in [0.2, 0.25) is 0 Å². The second-order valence-corrected chi connectivity index (χ2v) is 12.4. The third-order valence-electron chi connectivity index (χ3n) is 7.13. The van der Waals surface area contributed by atoms with E-state index in [2.05, 4.69) is 100 Å². The van der Waals surface area contributed by atoms with Crippen LogP contribution in [-0.4, -0.2) is 4.98 Å². The number of nitrogens with zero attached hydrogens (tertiary/aromatic N) is 1. The van der Waals surface area contributed by atoms with Gasteiger partial charge in [0.2, 0.25) is 0 Å². The molecule has 0 N–H and O–H groups in total. The maximum atomic E-state index is 6.24. The van der Waals surface area contributed by atoms with Gasteiger partial charge in [-0.3, -0.25) is 4.98 Å². The van der Waals surface area contributed by atoms with Gasteiger partial charge in [-0.05, 0) is 62.1 Å². The Morgan fingerprint density at radius 3 is 1.44 bits per heavy atom. The maximum absolute atomic E-state index is 6.24. The van der Waals surface area contributed by atoms with Crippen LogP contribution in [0.25, 0.3) is 0 Å². The highest BCUT2D eigenvalue weighted by Crippen LogP contribution is 2.48. The zero-order chi connectivity index (χ0) is 27.2. The van der Waals surface area contributed by atoms with Crippen molar-refractivity contribution in [2.45, 2.75) is 92.9 Å². The first-order chi connectivity index (χ1) is 16.6. The summed E-state index contributed by atoms with van der Waals surface area (Å²) in [4.78, 5) is 4.99. The van der Waals surface area contributed by atoms with Crippen LogP contribution in [0.4, 0.5) is 0 Å². The highest BCUT2D eigenvalue weighted by Gasteiger charge is 2.34. The van der Waals surface area contributed by atoms with Gasteiger partial charge in [0.05, 0.1) is 11.6 Å². The fourth-order valence-corrected chi connectivity index (χ4v) is 5.26. The summed E-state index contributed by atoms with van der Waals surface area (Å²) >= 11 is 12.5. The number of benzene rings is 2. The predicted molar refractivity (Wildman–Crippen MR) is 152 cm³/mol. The van der Waals surface area contributed by atoms with Crippen LogP contribution < -0.4 is 8.58 Å². The Balaban J connectivity index is 2.57. The number of aryl methyl sites for hydroxylation is 3. The van der Waals surface area contributed by atoms with E-state index in [0.717, 1.165) is 50.2 Å². The van der Waals surface area contributed by atoms with Crippen LogP contribution in [0.1, 0.15) is 103 Å². The third kappa shape index (κ3) is 5.38. The summed E-state index contributed by atoms with van der Waals surface area (Å²) in [6, 6.07) is 8.58. The molecule has 0 unspecified atom stereocenters. The van der Waals surface area contributed by atoms with Gasteiger partial charge in [0.15, 0.2) is 11.5 Å². The zero-order valence-electron chi connectivity index (χ0n) is 23.5. The number of pyridine rings is 1. The fourth-order valence-electron chi connectivity index (χ4n) is 4.92. The first-order valence-corrected chi connectivity index (χ1v) is 13.0. The summed E-state index contributed by atoms with van der Waals surface area (Å²) in [5.41, 5.74) is 10.2. The lowest BCUT2D eigenvalue weighted by Crippen LogP contribution is -2.19. The first kappa shape index (κ1) is 28.3. The van der Waals surface area contributed by atoms with Crippen molar-refractivity contribution in [3.8, 4) is 11.5 Å². The number of aromatic nitrogens is 1. The Morgan fingerprint density at radius 2 is 1.08 bits per heavy atom. The van der Waals surface area contributed by atoms with Crippen LogP contribution in [0.15, 0.2) is 30.5 Å². The van der Waals surface area contributed by atoms with Crippen LogP contribution >= 0.6 is 23.7 Å². The molecule has 3 rings (SSSR count). The van der Waals surface area contributed by atoms with E-state index in [1.165, 1.54) is 5.56 Å². The fraction of sp³-hybridized carbons (Fsp3) is 0.452. The largest absolute Gasteiger partial charge is 0.385 e. The van der Waals surface area contributed by atoms with Gasteiger partial charge in [-0.1, -0.05) is 76.9 Å². The second kappa shape index (κ2) is 10.3.